The van der Waals surface area contributed by atoms with Gasteiger partial charge in [0.15, 0.2) is 11.0 Å². The number of hydrogen-bond acceptors (Lipinski definition) is 7. The molecule has 2 aromatic heterocycles. The highest BCUT2D eigenvalue weighted by atomic mass is 32.2. The summed E-state index contributed by atoms with van der Waals surface area (Å²) in [5.74, 6) is 2.45. The molecule has 8 heteroatoms. The van der Waals surface area contributed by atoms with E-state index in [9.17, 15) is 0 Å². The molecule has 0 fully saturated rings. The van der Waals surface area contributed by atoms with Crippen LogP contribution in [0.3, 0.4) is 0 Å². The van der Waals surface area contributed by atoms with Crippen LogP contribution < -0.4 is 5.73 Å². The maximum absolute atomic E-state index is 5.57. The van der Waals surface area contributed by atoms with Gasteiger partial charge in [-0.25, -0.2) is 0 Å². The molecule has 0 radical (unpaired) electrons. The van der Waals surface area contributed by atoms with Gasteiger partial charge in [0.25, 0.3) is 5.89 Å². The summed E-state index contributed by atoms with van der Waals surface area (Å²) in [6.45, 7) is 0.366. The van der Waals surface area contributed by atoms with Crippen molar-refractivity contribution in [2.45, 2.75) is 17.5 Å². The van der Waals surface area contributed by atoms with Gasteiger partial charge in [0.05, 0.1) is 12.3 Å². The molecule has 3 rings (SSSR count). The molecule has 0 aliphatic carbocycles. The Morgan fingerprint density at radius 2 is 2.05 bits per heavy atom. The fourth-order valence-corrected chi connectivity index (χ4v) is 2.56. The van der Waals surface area contributed by atoms with Gasteiger partial charge in [-0.2, -0.15) is 4.98 Å². The van der Waals surface area contributed by atoms with Crippen LogP contribution in [0.5, 0.6) is 0 Å². The van der Waals surface area contributed by atoms with E-state index in [1.165, 1.54) is 11.8 Å². The van der Waals surface area contributed by atoms with Gasteiger partial charge in [-0.05, 0) is 12.1 Å². The normalized spacial score (nSPS) is 11.0. The lowest BCUT2D eigenvalue weighted by Gasteiger charge is -1.99. The zero-order valence-corrected chi connectivity index (χ0v) is 12.2. The first kappa shape index (κ1) is 13.8. The molecule has 0 atom stereocenters. The van der Waals surface area contributed by atoms with Gasteiger partial charge < -0.3 is 14.8 Å². The van der Waals surface area contributed by atoms with Crippen molar-refractivity contribution >= 4 is 11.8 Å². The van der Waals surface area contributed by atoms with Crippen LogP contribution in [-0.4, -0.2) is 24.9 Å². The number of nitrogens with two attached hydrogens (primary N) is 1. The number of hydrogen-bond donors (Lipinski definition) is 1. The van der Waals surface area contributed by atoms with Crippen LogP contribution >= 0.6 is 11.8 Å². The van der Waals surface area contributed by atoms with E-state index in [0.29, 0.717) is 24.0 Å². The van der Waals surface area contributed by atoms with Crippen LogP contribution in [-0.2, 0) is 19.3 Å². The standard InChI is InChI=1S/C13H14N6OS/c1-19-11(7-14)16-17-13(19)21-8-10-15-12(20-18-10)9-5-3-2-4-6-9/h2-6H,7-8,14H2,1H3. The van der Waals surface area contributed by atoms with Crippen LogP contribution in [0.4, 0.5) is 0 Å². The molecule has 0 spiro atoms. The molecule has 0 unspecified atom stereocenters. The average molecular weight is 302 g/mol. The molecule has 3 aromatic rings. The molecule has 2 N–H and O–H groups in total. The van der Waals surface area contributed by atoms with Crippen molar-refractivity contribution in [3.05, 3.63) is 42.0 Å². The highest BCUT2D eigenvalue weighted by Crippen LogP contribution is 2.22. The zero-order chi connectivity index (χ0) is 14.7. The van der Waals surface area contributed by atoms with E-state index < -0.39 is 0 Å². The Kier molecular flexibility index (Phi) is 3.98. The molecule has 2 heterocycles. The molecule has 108 valence electrons. The maximum Gasteiger partial charge on any atom is 0.257 e. The van der Waals surface area contributed by atoms with Crippen molar-refractivity contribution in [1.29, 1.82) is 0 Å². The quantitative estimate of drug-likeness (QED) is 0.715. The molecule has 7 nitrogen and oxygen atoms in total. The lowest BCUT2D eigenvalue weighted by atomic mass is 10.2. The van der Waals surface area contributed by atoms with E-state index in [4.69, 9.17) is 10.3 Å². The smallest absolute Gasteiger partial charge is 0.257 e. The van der Waals surface area contributed by atoms with Gasteiger partial charge in [0.2, 0.25) is 0 Å². The number of nitrogens with zero attached hydrogens (tertiary/aromatic N) is 5. The van der Waals surface area contributed by atoms with Crippen molar-refractivity contribution < 1.29 is 4.52 Å². The number of aromatic nitrogens is 5. The monoisotopic (exact) mass is 302 g/mol. The van der Waals surface area contributed by atoms with E-state index >= 15 is 0 Å². The predicted molar refractivity (Wildman–Crippen MR) is 78.2 cm³/mol. The third kappa shape index (κ3) is 2.96. The minimum absolute atomic E-state index is 0.366. The van der Waals surface area contributed by atoms with Gasteiger partial charge >= 0.3 is 0 Å². The second-order valence-corrected chi connectivity index (χ2v) is 5.27. The summed E-state index contributed by atoms with van der Waals surface area (Å²) in [7, 11) is 1.89. The second kappa shape index (κ2) is 6.06. The summed E-state index contributed by atoms with van der Waals surface area (Å²) in [6, 6.07) is 9.67. The number of benzene rings is 1. The topological polar surface area (TPSA) is 95.7 Å². The molecule has 0 saturated heterocycles. The zero-order valence-electron chi connectivity index (χ0n) is 11.4. The largest absolute Gasteiger partial charge is 0.334 e. The van der Waals surface area contributed by atoms with Gasteiger partial charge in [0, 0.05) is 12.6 Å². The van der Waals surface area contributed by atoms with Crippen molar-refractivity contribution in [1.82, 2.24) is 24.9 Å². The van der Waals surface area contributed by atoms with E-state index in [-0.39, 0.29) is 0 Å². The number of rotatable bonds is 5. The molecule has 0 amide bonds. The summed E-state index contributed by atoms with van der Waals surface area (Å²) in [6.07, 6.45) is 0. The fraction of sp³-hybridized carbons (Fsp3) is 0.231. The van der Waals surface area contributed by atoms with E-state index in [1.807, 2.05) is 41.9 Å². The van der Waals surface area contributed by atoms with Gasteiger partial charge in [-0.15, -0.1) is 10.2 Å². The Morgan fingerprint density at radius 3 is 2.76 bits per heavy atom. The first-order chi connectivity index (χ1) is 10.3. The van der Waals surface area contributed by atoms with Crippen molar-refractivity contribution in [3.8, 4) is 11.5 Å². The summed E-state index contributed by atoms with van der Waals surface area (Å²) in [5, 5.41) is 12.8. The third-order valence-electron chi connectivity index (χ3n) is 2.93. The summed E-state index contributed by atoms with van der Waals surface area (Å²) < 4.78 is 7.12. The molecule has 21 heavy (non-hydrogen) atoms. The van der Waals surface area contributed by atoms with Crippen LogP contribution in [0.2, 0.25) is 0 Å². The molecule has 0 aliphatic heterocycles. The SMILES string of the molecule is Cn1c(CN)nnc1SCc1noc(-c2ccccc2)n1. The van der Waals surface area contributed by atoms with Gasteiger partial charge in [-0.3, -0.25) is 0 Å². The molecular formula is C13H14N6OS. The molecular weight excluding hydrogens is 288 g/mol. The summed E-state index contributed by atoms with van der Waals surface area (Å²) in [5.41, 5.74) is 6.47. The molecule has 0 aliphatic rings. The van der Waals surface area contributed by atoms with Crippen molar-refractivity contribution in [2.24, 2.45) is 12.8 Å². The highest BCUT2D eigenvalue weighted by molar-refractivity contribution is 7.98. The van der Waals surface area contributed by atoms with Gasteiger partial charge in [0.1, 0.15) is 5.82 Å². The minimum Gasteiger partial charge on any atom is -0.334 e. The third-order valence-corrected chi connectivity index (χ3v) is 3.94. The first-order valence-corrected chi connectivity index (χ1v) is 7.35. The van der Waals surface area contributed by atoms with Crippen LogP contribution in [0.15, 0.2) is 40.0 Å². The van der Waals surface area contributed by atoms with Crippen LogP contribution in [0, 0.1) is 0 Å². The lowest BCUT2D eigenvalue weighted by molar-refractivity contribution is 0.425. The Bertz CT molecular complexity index is 723. The molecule has 0 bridgehead atoms. The Hall–Kier alpha value is -2.19. The van der Waals surface area contributed by atoms with Crippen LogP contribution in [0.25, 0.3) is 11.5 Å². The first-order valence-electron chi connectivity index (χ1n) is 6.37. The van der Waals surface area contributed by atoms with Gasteiger partial charge in [-0.1, -0.05) is 35.1 Å². The Morgan fingerprint density at radius 1 is 1.24 bits per heavy atom. The van der Waals surface area contributed by atoms with Crippen molar-refractivity contribution in [3.63, 3.8) is 0 Å². The minimum atomic E-state index is 0.366. The second-order valence-electron chi connectivity index (χ2n) is 4.33. The van der Waals surface area contributed by atoms with Crippen LogP contribution in [0.1, 0.15) is 11.6 Å². The number of thioether (sulfide) groups is 1. The fourth-order valence-electron chi connectivity index (χ4n) is 1.79. The Balaban J connectivity index is 1.69. The van der Waals surface area contributed by atoms with E-state index in [1.54, 1.807) is 0 Å². The Labute approximate surface area is 125 Å². The van der Waals surface area contributed by atoms with E-state index in [2.05, 4.69) is 20.3 Å². The molecule has 1 aromatic carbocycles. The van der Waals surface area contributed by atoms with E-state index in [0.717, 1.165) is 16.5 Å². The highest BCUT2D eigenvalue weighted by Gasteiger charge is 2.12. The molecule has 0 saturated carbocycles. The lowest BCUT2D eigenvalue weighted by Crippen LogP contribution is -2.05. The van der Waals surface area contributed by atoms with Crippen molar-refractivity contribution in [2.75, 3.05) is 0 Å². The maximum atomic E-state index is 5.57. The summed E-state index contributed by atoms with van der Waals surface area (Å²) in [4.78, 5) is 4.37. The summed E-state index contributed by atoms with van der Waals surface area (Å²) >= 11 is 1.49. The predicted octanol–water partition coefficient (Wildman–Crippen LogP) is 1.62. The average Bonchev–Trinajstić information content (AvgIpc) is 3.13.